The summed E-state index contributed by atoms with van der Waals surface area (Å²) in [5, 5.41) is 0. The summed E-state index contributed by atoms with van der Waals surface area (Å²) in [6.07, 6.45) is 11.7. The minimum atomic E-state index is -0.144. The number of ether oxygens (including phenoxy) is 1. The van der Waals surface area contributed by atoms with Gasteiger partial charge in [0.25, 0.3) is 0 Å². The minimum absolute atomic E-state index is 0.0294. The first-order valence-corrected chi connectivity index (χ1v) is 11.3. The second-order valence-corrected chi connectivity index (χ2v) is 10.7. The highest BCUT2D eigenvalue weighted by atomic mass is 16.5. The number of rotatable bonds is 3. The van der Waals surface area contributed by atoms with E-state index in [9.17, 15) is 9.59 Å². The zero-order valence-electron chi connectivity index (χ0n) is 18.0. The third-order valence-corrected chi connectivity index (χ3v) is 9.49. The smallest absolute Gasteiger partial charge is 0.302 e. The van der Waals surface area contributed by atoms with Crippen LogP contribution in [-0.4, -0.2) is 18.0 Å². The van der Waals surface area contributed by atoms with E-state index in [1.807, 2.05) is 6.92 Å². The largest absolute Gasteiger partial charge is 0.463 e. The summed E-state index contributed by atoms with van der Waals surface area (Å²) in [5.74, 6) is 2.00. The highest BCUT2D eigenvalue weighted by Crippen LogP contribution is 2.66. The fourth-order valence-corrected chi connectivity index (χ4v) is 7.88. The van der Waals surface area contributed by atoms with Gasteiger partial charge < -0.3 is 10.5 Å². The van der Waals surface area contributed by atoms with E-state index in [-0.39, 0.29) is 29.3 Å². The van der Waals surface area contributed by atoms with Crippen molar-refractivity contribution in [2.24, 2.45) is 46.2 Å². The summed E-state index contributed by atoms with van der Waals surface area (Å²) in [6.45, 7) is 8.49. The van der Waals surface area contributed by atoms with Crippen LogP contribution in [0.5, 0.6) is 0 Å². The molecule has 4 aliphatic carbocycles. The molecule has 0 spiro atoms. The standard InChI is InChI=1S/C24H37NO3/c1-14(22(25)27)19-7-8-20-18-6-5-16-13-17(28-15(2)26)9-11-23(16,3)21(18)10-12-24(19,20)4/h6,14,16-17,19-21H,5,7-13H2,1-4H3,(H2,25,27)/t14-,16-,17-,19+,20-,21-,23-,24+/m0/s1. The molecule has 0 aromatic carbocycles. The molecule has 0 aliphatic heterocycles. The Morgan fingerprint density at radius 2 is 1.79 bits per heavy atom. The summed E-state index contributed by atoms with van der Waals surface area (Å²) in [7, 11) is 0. The van der Waals surface area contributed by atoms with E-state index in [4.69, 9.17) is 10.5 Å². The SMILES string of the molecule is CC(=O)O[C@H]1CC[C@@]2(C)[C@@H](CC=C3[C@@H]2CC[C@]2(C)[C@@H]([C@H](C)C(N)=O)CC[C@@H]32)C1. The second kappa shape index (κ2) is 6.88. The van der Waals surface area contributed by atoms with Gasteiger partial charge in [-0.25, -0.2) is 0 Å². The average molecular weight is 388 g/mol. The third kappa shape index (κ3) is 2.93. The van der Waals surface area contributed by atoms with Gasteiger partial charge in [0, 0.05) is 12.8 Å². The molecule has 3 fully saturated rings. The molecule has 4 aliphatic rings. The predicted molar refractivity (Wildman–Crippen MR) is 109 cm³/mol. The first-order valence-electron chi connectivity index (χ1n) is 11.3. The molecule has 0 bridgehead atoms. The maximum Gasteiger partial charge on any atom is 0.302 e. The summed E-state index contributed by atoms with van der Waals surface area (Å²) in [6, 6.07) is 0. The number of carbonyl (C=O) groups excluding carboxylic acids is 2. The third-order valence-electron chi connectivity index (χ3n) is 9.49. The van der Waals surface area contributed by atoms with Crippen LogP contribution >= 0.6 is 0 Å². The highest BCUT2D eigenvalue weighted by Gasteiger charge is 2.58. The summed E-state index contributed by atoms with van der Waals surface area (Å²) in [4.78, 5) is 23.3. The predicted octanol–water partition coefficient (Wildman–Crippen LogP) is 4.62. The average Bonchev–Trinajstić information content (AvgIpc) is 2.98. The van der Waals surface area contributed by atoms with Crippen LogP contribution < -0.4 is 5.73 Å². The van der Waals surface area contributed by atoms with Crippen LogP contribution in [0, 0.1) is 40.4 Å². The summed E-state index contributed by atoms with van der Waals surface area (Å²) >= 11 is 0. The van der Waals surface area contributed by atoms with Crippen molar-refractivity contribution in [3.8, 4) is 0 Å². The molecular formula is C24H37NO3. The Hall–Kier alpha value is -1.32. The van der Waals surface area contributed by atoms with E-state index in [2.05, 4.69) is 19.9 Å². The van der Waals surface area contributed by atoms with E-state index in [1.165, 1.54) is 26.2 Å². The molecule has 4 nitrogen and oxygen atoms in total. The molecule has 4 heteroatoms. The second-order valence-electron chi connectivity index (χ2n) is 10.7. The quantitative estimate of drug-likeness (QED) is 0.567. The summed E-state index contributed by atoms with van der Waals surface area (Å²) in [5.41, 5.74) is 7.93. The van der Waals surface area contributed by atoms with Crippen LogP contribution in [0.15, 0.2) is 11.6 Å². The number of amides is 1. The molecule has 0 saturated heterocycles. The van der Waals surface area contributed by atoms with Crippen LogP contribution in [0.3, 0.4) is 0 Å². The normalized spacial score (nSPS) is 45.9. The van der Waals surface area contributed by atoms with Gasteiger partial charge >= 0.3 is 5.97 Å². The van der Waals surface area contributed by atoms with Crippen LogP contribution in [0.25, 0.3) is 0 Å². The first kappa shape index (κ1) is 20.0. The zero-order valence-corrected chi connectivity index (χ0v) is 18.0. The van der Waals surface area contributed by atoms with Gasteiger partial charge in [-0.2, -0.15) is 0 Å². The Balaban J connectivity index is 1.57. The van der Waals surface area contributed by atoms with E-state index in [0.29, 0.717) is 29.1 Å². The fraction of sp³-hybridized carbons (Fsp3) is 0.833. The summed E-state index contributed by atoms with van der Waals surface area (Å²) < 4.78 is 5.57. The lowest BCUT2D eigenvalue weighted by atomic mass is 9.47. The first-order chi connectivity index (χ1) is 13.2. The number of fused-ring (bicyclic) bond motifs is 5. The number of carbonyl (C=O) groups is 2. The van der Waals surface area contributed by atoms with Crippen molar-refractivity contribution in [1.82, 2.24) is 0 Å². The lowest BCUT2D eigenvalue weighted by Crippen LogP contribution is -2.50. The number of esters is 1. The van der Waals surface area contributed by atoms with Gasteiger partial charge in [-0.15, -0.1) is 0 Å². The molecule has 8 atom stereocenters. The Labute approximate surface area is 169 Å². The van der Waals surface area contributed by atoms with Gasteiger partial charge in [0.2, 0.25) is 5.91 Å². The lowest BCUT2D eigenvalue weighted by molar-refractivity contribution is -0.152. The molecule has 0 aromatic heterocycles. The van der Waals surface area contributed by atoms with Crippen molar-refractivity contribution < 1.29 is 14.3 Å². The van der Waals surface area contributed by atoms with Crippen LogP contribution in [0.2, 0.25) is 0 Å². The van der Waals surface area contributed by atoms with Crippen molar-refractivity contribution in [1.29, 1.82) is 0 Å². The fourth-order valence-electron chi connectivity index (χ4n) is 7.88. The van der Waals surface area contributed by atoms with Gasteiger partial charge in [-0.1, -0.05) is 32.4 Å². The molecule has 3 saturated carbocycles. The molecule has 2 N–H and O–H groups in total. The van der Waals surface area contributed by atoms with E-state index < -0.39 is 0 Å². The van der Waals surface area contributed by atoms with Gasteiger partial charge in [0.15, 0.2) is 0 Å². The number of hydrogen-bond acceptors (Lipinski definition) is 3. The van der Waals surface area contributed by atoms with E-state index >= 15 is 0 Å². The maximum absolute atomic E-state index is 11.9. The number of hydrogen-bond donors (Lipinski definition) is 1. The van der Waals surface area contributed by atoms with Crippen LogP contribution in [0.1, 0.15) is 79.1 Å². The Bertz CT molecular complexity index is 700. The number of allylic oxidation sites excluding steroid dienone is 2. The van der Waals surface area contributed by atoms with E-state index in [1.54, 1.807) is 5.57 Å². The zero-order chi connectivity index (χ0) is 20.3. The van der Waals surface area contributed by atoms with Crippen LogP contribution in [0.4, 0.5) is 0 Å². The number of primary amides is 1. The van der Waals surface area contributed by atoms with Gasteiger partial charge in [0.1, 0.15) is 6.10 Å². The molecule has 156 valence electrons. The van der Waals surface area contributed by atoms with E-state index in [0.717, 1.165) is 32.1 Å². The van der Waals surface area contributed by atoms with Crippen molar-refractivity contribution in [2.75, 3.05) is 0 Å². The molecule has 0 aromatic rings. The van der Waals surface area contributed by atoms with Gasteiger partial charge in [0.05, 0.1) is 0 Å². The Kier molecular flexibility index (Phi) is 4.91. The van der Waals surface area contributed by atoms with Crippen molar-refractivity contribution in [3.05, 3.63) is 11.6 Å². The molecule has 0 heterocycles. The van der Waals surface area contributed by atoms with Crippen molar-refractivity contribution in [3.63, 3.8) is 0 Å². The van der Waals surface area contributed by atoms with Gasteiger partial charge in [-0.05, 0) is 85.9 Å². The molecule has 1 amide bonds. The number of nitrogens with two attached hydrogens (primary N) is 1. The van der Waals surface area contributed by atoms with Crippen molar-refractivity contribution >= 4 is 11.9 Å². The molecule has 0 radical (unpaired) electrons. The van der Waals surface area contributed by atoms with Crippen molar-refractivity contribution in [2.45, 2.75) is 85.2 Å². The maximum atomic E-state index is 11.9. The van der Waals surface area contributed by atoms with Gasteiger partial charge in [-0.3, -0.25) is 9.59 Å². The Morgan fingerprint density at radius 1 is 1.11 bits per heavy atom. The highest BCUT2D eigenvalue weighted by molar-refractivity contribution is 5.76. The molecule has 28 heavy (non-hydrogen) atoms. The molecule has 4 rings (SSSR count). The topological polar surface area (TPSA) is 69.4 Å². The minimum Gasteiger partial charge on any atom is -0.463 e. The molecule has 0 unspecified atom stereocenters. The lowest BCUT2D eigenvalue weighted by Gasteiger charge is -2.57. The Morgan fingerprint density at radius 3 is 2.46 bits per heavy atom. The monoisotopic (exact) mass is 387 g/mol. The molecular weight excluding hydrogens is 350 g/mol. The van der Waals surface area contributed by atoms with Crippen LogP contribution in [-0.2, 0) is 14.3 Å².